The highest BCUT2D eigenvalue weighted by Gasteiger charge is 2.15. The standard InChI is InChI=1S/C20H21N5O/c1-2-26-17-10-18(20-16(11-21)13-23-25(20)14-17)15-6-7-19(22-12-15)24-8-4-3-5-9-24/h6-7,10,12-14H,2-5,8-9H2,1H3. The topological polar surface area (TPSA) is 66.5 Å². The lowest BCUT2D eigenvalue weighted by Gasteiger charge is -2.27. The number of pyridine rings is 2. The molecule has 1 saturated heterocycles. The van der Waals surface area contributed by atoms with Crippen molar-refractivity contribution in [3.63, 3.8) is 0 Å². The fourth-order valence-corrected chi connectivity index (χ4v) is 3.50. The van der Waals surface area contributed by atoms with Crippen LogP contribution in [-0.4, -0.2) is 34.3 Å². The number of rotatable bonds is 4. The van der Waals surface area contributed by atoms with Crippen LogP contribution in [0, 0.1) is 11.3 Å². The summed E-state index contributed by atoms with van der Waals surface area (Å²) in [4.78, 5) is 7.01. The van der Waals surface area contributed by atoms with E-state index in [0.717, 1.165) is 41.3 Å². The summed E-state index contributed by atoms with van der Waals surface area (Å²) in [5.74, 6) is 1.74. The lowest BCUT2D eigenvalue weighted by Crippen LogP contribution is -2.29. The Morgan fingerprint density at radius 2 is 2.04 bits per heavy atom. The first-order chi connectivity index (χ1) is 12.8. The number of hydrogen-bond donors (Lipinski definition) is 0. The number of nitriles is 1. The van der Waals surface area contributed by atoms with Gasteiger partial charge in [0.1, 0.15) is 17.6 Å². The molecule has 4 heterocycles. The van der Waals surface area contributed by atoms with Crippen LogP contribution in [0.1, 0.15) is 31.7 Å². The molecule has 4 rings (SSSR count). The van der Waals surface area contributed by atoms with Crippen LogP contribution in [0.2, 0.25) is 0 Å². The molecule has 132 valence electrons. The van der Waals surface area contributed by atoms with Gasteiger partial charge >= 0.3 is 0 Å². The third-order valence-electron chi connectivity index (χ3n) is 4.76. The summed E-state index contributed by atoms with van der Waals surface area (Å²) < 4.78 is 7.37. The Bertz CT molecular complexity index is 949. The third kappa shape index (κ3) is 2.97. The molecule has 3 aromatic rings. The van der Waals surface area contributed by atoms with Crippen molar-refractivity contribution < 1.29 is 4.74 Å². The van der Waals surface area contributed by atoms with Crippen LogP contribution in [0.25, 0.3) is 16.6 Å². The summed E-state index contributed by atoms with van der Waals surface area (Å²) in [5, 5.41) is 13.7. The Kier molecular flexibility index (Phi) is 4.44. The molecule has 0 aliphatic carbocycles. The van der Waals surface area contributed by atoms with E-state index >= 15 is 0 Å². The van der Waals surface area contributed by atoms with E-state index in [1.54, 1.807) is 16.9 Å². The molecule has 0 saturated carbocycles. The van der Waals surface area contributed by atoms with Gasteiger partial charge in [0.05, 0.1) is 30.1 Å². The van der Waals surface area contributed by atoms with Gasteiger partial charge in [0.25, 0.3) is 0 Å². The van der Waals surface area contributed by atoms with E-state index in [1.165, 1.54) is 19.3 Å². The number of piperidine rings is 1. The van der Waals surface area contributed by atoms with Crippen molar-refractivity contribution in [2.75, 3.05) is 24.6 Å². The number of ether oxygens (including phenoxy) is 1. The maximum Gasteiger partial charge on any atom is 0.138 e. The minimum absolute atomic E-state index is 0.545. The molecule has 3 aromatic heterocycles. The average Bonchev–Trinajstić information content (AvgIpc) is 3.11. The smallest absolute Gasteiger partial charge is 0.138 e. The van der Waals surface area contributed by atoms with Crippen molar-refractivity contribution in [3.05, 3.63) is 42.4 Å². The molecule has 1 aliphatic rings. The highest BCUT2D eigenvalue weighted by Crippen LogP contribution is 2.31. The maximum atomic E-state index is 9.43. The maximum absolute atomic E-state index is 9.43. The molecule has 6 heteroatoms. The normalized spacial score (nSPS) is 14.4. The van der Waals surface area contributed by atoms with E-state index in [-0.39, 0.29) is 0 Å². The molecule has 26 heavy (non-hydrogen) atoms. The summed E-state index contributed by atoms with van der Waals surface area (Å²) in [7, 11) is 0. The van der Waals surface area contributed by atoms with E-state index < -0.39 is 0 Å². The molecule has 0 spiro atoms. The van der Waals surface area contributed by atoms with Crippen LogP contribution in [0.15, 0.2) is 36.8 Å². The van der Waals surface area contributed by atoms with E-state index in [4.69, 9.17) is 4.74 Å². The molecule has 0 aromatic carbocycles. The lowest BCUT2D eigenvalue weighted by atomic mass is 10.0. The lowest BCUT2D eigenvalue weighted by molar-refractivity contribution is 0.338. The van der Waals surface area contributed by atoms with Crippen molar-refractivity contribution in [2.24, 2.45) is 0 Å². The van der Waals surface area contributed by atoms with Gasteiger partial charge in [0.15, 0.2) is 0 Å². The van der Waals surface area contributed by atoms with Crippen LogP contribution in [0.5, 0.6) is 5.75 Å². The molecular formula is C20H21N5O. The zero-order chi connectivity index (χ0) is 17.9. The highest BCUT2D eigenvalue weighted by molar-refractivity contribution is 5.85. The Morgan fingerprint density at radius 1 is 1.19 bits per heavy atom. The molecule has 0 N–H and O–H groups in total. The predicted molar refractivity (Wildman–Crippen MR) is 100 cm³/mol. The Balaban J connectivity index is 1.77. The number of nitrogens with zero attached hydrogens (tertiary/aromatic N) is 5. The zero-order valence-electron chi connectivity index (χ0n) is 14.9. The summed E-state index contributed by atoms with van der Waals surface area (Å²) >= 11 is 0. The molecule has 1 aliphatic heterocycles. The molecular weight excluding hydrogens is 326 g/mol. The van der Waals surface area contributed by atoms with E-state index in [2.05, 4.69) is 33.2 Å². The second kappa shape index (κ2) is 7.04. The molecule has 0 unspecified atom stereocenters. The fourth-order valence-electron chi connectivity index (χ4n) is 3.50. The highest BCUT2D eigenvalue weighted by atomic mass is 16.5. The SMILES string of the molecule is CCOc1cc(-c2ccc(N3CCCCC3)nc2)c2c(C#N)cnn2c1. The molecule has 1 fully saturated rings. The fraction of sp³-hybridized carbons (Fsp3) is 0.350. The Hall–Kier alpha value is -3.07. The van der Waals surface area contributed by atoms with E-state index in [0.29, 0.717) is 12.2 Å². The summed E-state index contributed by atoms with van der Waals surface area (Å²) in [6.45, 7) is 4.65. The van der Waals surface area contributed by atoms with Gasteiger partial charge in [-0.15, -0.1) is 0 Å². The van der Waals surface area contributed by atoms with Crippen LogP contribution in [0.3, 0.4) is 0 Å². The van der Waals surface area contributed by atoms with Crippen molar-refractivity contribution in [1.29, 1.82) is 5.26 Å². The van der Waals surface area contributed by atoms with Crippen molar-refractivity contribution in [2.45, 2.75) is 26.2 Å². The van der Waals surface area contributed by atoms with Gasteiger partial charge in [-0.05, 0) is 44.4 Å². The Labute approximate surface area is 152 Å². The number of anilines is 1. The third-order valence-corrected chi connectivity index (χ3v) is 4.76. The number of hydrogen-bond acceptors (Lipinski definition) is 5. The Morgan fingerprint density at radius 3 is 2.73 bits per heavy atom. The first-order valence-corrected chi connectivity index (χ1v) is 9.06. The second-order valence-electron chi connectivity index (χ2n) is 6.44. The largest absolute Gasteiger partial charge is 0.492 e. The van der Waals surface area contributed by atoms with E-state index in [9.17, 15) is 5.26 Å². The van der Waals surface area contributed by atoms with Crippen molar-refractivity contribution in [3.8, 4) is 22.9 Å². The number of fused-ring (bicyclic) bond motifs is 1. The van der Waals surface area contributed by atoms with Gasteiger partial charge in [-0.3, -0.25) is 0 Å². The van der Waals surface area contributed by atoms with Crippen molar-refractivity contribution in [1.82, 2.24) is 14.6 Å². The van der Waals surface area contributed by atoms with Gasteiger partial charge in [0.2, 0.25) is 0 Å². The van der Waals surface area contributed by atoms with Gasteiger partial charge in [-0.25, -0.2) is 9.50 Å². The van der Waals surface area contributed by atoms with Crippen LogP contribution >= 0.6 is 0 Å². The van der Waals surface area contributed by atoms with Crippen molar-refractivity contribution >= 4 is 11.3 Å². The minimum Gasteiger partial charge on any atom is -0.492 e. The second-order valence-corrected chi connectivity index (χ2v) is 6.44. The molecule has 0 radical (unpaired) electrons. The molecule has 0 bridgehead atoms. The first-order valence-electron chi connectivity index (χ1n) is 9.06. The van der Waals surface area contributed by atoms with Crippen LogP contribution in [-0.2, 0) is 0 Å². The van der Waals surface area contributed by atoms with Gasteiger partial charge in [-0.2, -0.15) is 10.4 Å². The van der Waals surface area contributed by atoms with E-state index in [1.807, 2.05) is 19.2 Å². The quantitative estimate of drug-likeness (QED) is 0.720. The monoisotopic (exact) mass is 347 g/mol. The van der Waals surface area contributed by atoms with Gasteiger partial charge in [0, 0.05) is 30.4 Å². The van der Waals surface area contributed by atoms with Crippen LogP contribution < -0.4 is 9.64 Å². The summed E-state index contributed by atoms with van der Waals surface area (Å²) in [5.41, 5.74) is 3.18. The van der Waals surface area contributed by atoms with Gasteiger partial charge < -0.3 is 9.64 Å². The number of aromatic nitrogens is 3. The summed E-state index contributed by atoms with van der Waals surface area (Å²) in [6, 6.07) is 8.31. The minimum atomic E-state index is 0.545. The molecule has 6 nitrogen and oxygen atoms in total. The average molecular weight is 347 g/mol. The summed E-state index contributed by atoms with van der Waals surface area (Å²) in [6.07, 6.45) is 9.02. The molecule has 0 amide bonds. The first kappa shape index (κ1) is 16.4. The zero-order valence-corrected chi connectivity index (χ0v) is 14.9. The predicted octanol–water partition coefficient (Wildman–Crippen LogP) is 3.66. The molecule has 0 atom stereocenters. The van der Waals surface area contributed by atoms with Crippen LogP contribution in [0.4, 0.5) is 5.82 Å². The van der Waals surface area contributed by atoms with Gasteiger partial charge in [-0.1, -0.05) is 0 Å².